The molecule has 0 amide bonds. The maximum Gasteiger partial charge on any atom is 0.0253 e. The van der Waals surface area contributed by atoms with Crippen LogP contribution in [0.2, 0.25) is 0 Å². The van der Waals surface area contributed by atoms with Gasteiger partial charge in [-0.2, -0.15) is 0 Å². The van der Waals surface area contributed by atoms with Crippen molar-refractivity contribution in [3.05, 3.63) is 21.9 Å². The minimum Gasteiger partial charge on any atom is -0.309 e. The molecule has 2 unspecified atom stereocenters. The lowest BCUT2D eigenvalue weighted by atomic mass is 9.91. The lowest BCUT2D eigenvalue weighted by molar-refractivity contribution is 0.0380. The average Bonchev–Trinajstić information content (AvgIpc) is 2.73. The summed E-state index contributed by atoms with van der Waals surface area (Å²) in [7, 11) is 0. The molecule has 0 aromatic carbocycles. The normalized spacial score (nSPS) is 25.1. The van der Waals surface area contributed by atoms with Crippen LogP contribution in [0.25, 0.3) is 0 Å². The topological polar surface area (TPSA) is 15.3 Å². The Labute approximate surface area is 128 Å². The maximum atomic E-state index is 3.70. The van der Waals surface area contributed by atoms with Crippen molar-refractivity contribution in [2.45, 2.75) is 65.6 Å². The third-order valence-corrected chi connectivity index (χ3v) is 5.44. The van der Waals surface area contributed by atoms with Crippen molar-refractivity contribution in [3.63, 3.8) is 0 Å². The summed E-state index contributed by atoms with van der Waals surface area (Å²) in [5.41, 5.74) is 0.227. The lowest BCUT2D eigenvalue weighted by Gasteiger charge is -2.49. The second-order valence-corrected chi connectivity index (χ2v) is 8.69. The fraction of sp³-hybridized carbons (Fsp3) is 0.765. The molecule has 114 valence electrons. The number of hydrogen-bond acceptors (Lipinski definition) is 3. The molecule has 1 saturated heterocycles. The molecule has 0 aliphatic carbocycles. The number of thiophene rings is 1. The third-order valence-electron chi connectivity index (χ3n) is 4.42. The summed E-state index contributed by atoms with van der Waals surface area (Å²) in [6, 6.07) is 5.81. The van der Waals surface area contributed by atoms with Crippen molar-refractivity contribution in [2.75, 3.05) is 13.1 Å². The van der Waals surface area contributed by atoms with Crippen molar-refractivity contribution in [2.24, 2.45) is 5.92 Å². The van der Waals surface area contributed by atoms with E-state index in [9.17, 15) is 0 Å². The van der Waals surface area contributed by atoms with Gasteiger partial charge in [-0.05, 0) is 52.2 Å². The van der Waals surface area contributed by atoms with Crippen LogP contribution in [0.5, 0.6) is 0 Å². The fourth-order valence-corrected chi connectivity index (χ4v) is 4.24. The summed E-state index contributed by atoms with van der Waals surface area (Å²) in [6.07, 6.45) is 1.18. The highest BCUT2D eigenvalue weighted by atomic mass is 32.1. The van der Waals surface area contributed by atoms with Crippen LogP contribution in [0.3, 0.4) is 0 Å². The zero-order valence-corrected chi connectivity index (χ0v) is 14.7. The highest BCUT2D eigenvalue weighted by molar-refractivity contribution is 7.11. The molecular weight excluding hydrogens is 264 g/mol. The van der Waals surface area contributed by atoms with E-state index in [4.69, 9.17) is 0 Å². The van der Waals surface area contributed by atoms with Gasteiger partial charge >= 0.3 is 0 Å². The van der Waals surface area contributed by atoms with Crippen molar-refractivity contribution in [3.8, 4) is 0 Å². The van der Waals surface area contributed by atoms with E-state index in [1.165, 1.54) is 16.2 Å². The third kappa shape index (κ3) is 3.84. The molecule has 2 heterocycles. The van der Waals surface area contributed by atoms with E-state index >= 15 is 0 Å². The SMILES string of the molecule is Cc1ccc(CC(C)N2CC(C)(C)NCC2C(C)C)s1. The monoisotopic (exact) mass is 294 g/mol. The largest absolute Gasteiger partial charge is 0.309 e. The molecule has 2 nitrogen and oxygen atoms in total. The van der Waals surface area contributed by atoms with Crippen LogP contribution >= 0.6 is 11.3 Å². The molecule has 0 spiro atoms. The smallest absolute Gasteiger partial charge is 0.0253 e. The Balaban J connectivity index is 2.08. The fourth-order valence-electron chi connectivity index (χ4n) is 3.23. The first-order chi connectivity index (χ1) is 9.28. The molecule has 0 bridgehead atoms. The number of aryl methyl sites for hydroxylation is 1. The molecule has 1 aromatic heterocycles. The molecule has 2 atom stereocenters. The van der Waals surface area contributed by atoms with E-state index in [-0.39, 0.29) is 5.54 Å². The minimum absolute atomic E-state index is 0.227. The Kier molecular flexibility index (Phi) is 4.93. The van der Waals surface area contributed by atoms with Gasteiger partial charge < -0.3 is 5.32 Å². The van der Waals surface area contributed by atoms with Gasteiger partial charge in [-0.25, -0.2) is 0 Å². The van der Waals surface area contributed by atoms with E-state index < -0.39 is 0 Å². The molecule has 2 rings (SSSR count). The zero-order chi connectivity index (χ0) is 14.9. The van der Waals surface area contributed by atoms with Gasteiger partial charge in [-0.3, -0.25) is 4.90 Å². The van der Waals surface area contributed by atoms with E-state index in [1.807, 2.05) is 11.3 Å². The van der Waals surface area contributed by atoms with Gasteiger partial charge in [0.25, 0.3) is 0 Å². The van der Waals surface area contributed by atoms with Crippen molar-refractivity contribution in [1.82, 2.24) is 10.2 Å². The van der Waals surface area contributed by atoms with E-state index in [2.05, 4.69) is 63.9 Å². The second-order valence-electron chi connectivity index (χ2n) is 7.31. The highest BCUT2D eigenvalue weighted by Gasteiger charge is 2.36. The summed E-state index contributed by atoms with van der Waals surface area (Å²) in [6.45, 7) is 16.2. The Morgan fingerprint density at radius 2 is 2.05 bits per heavy atom. The molecule has 1 aliphatic rings. The van der Waals surface area contributed by atoms with E-state index in [1.54, 1.807) is 0 Å². The van der Waals surface area contributed by atoms with Crippen LogP contribution in [0.4, 0.5) is 0 Å². The molecule has 0 saturated carbocycles. The first kappa shape index (κ1) is 16.0. The lowest BCUT2D eigenvalue weighted by Crippen LogP contribution is -2.65. The van der Waals surface area contributed by atoms with Crippen LogP contribution in [0.15, 0.2) is 12.1 Å². The molecule has 0 radical (unpaired) electrons. The summed E-state index contributed by atoms with van der Waals surface area (Å²) < 4.78 is 0. The van der Waals surface area contributed by atoms with Crippen LogP contribution in [0.1, 0.15) is 44.4 Å². The zero-order valence-electron chi connectivity index (χ0n) is 13.9. The molecule has 1 N–H and O–H groups in total. The average molecular weight is 295 g/mol. The maximum absolute atomic E-state index is 3.70. The molecule has 20 heavy (non-hydrogen) atoms. The van der Waals surface area contributed by atoms with Gasteiger partial charge in [0.2, 0.25) is 0 Å². The Morgan fingerprint density at radius 3 is 2.60 bits per heavy atom. The quantitative estimate of drug-likeness (QED) is 0.911. The predicted molar refractivity (Wildman–Crippen MR) is 89.6 cm³/mol. The van der Waals surface area contributed by atoms with Gasteiger partial charge in [0.05, 0.1) is 0 Å². The standard InChI is InChI=1S/C17H30N2S/c1-12(2)16-10-18-17(5,6)11-19(16)13(3)9-15-8-7-14(4)20-15/h7-8,12-13,16,18H,9-11H2,1-6H3. The van der Waals surface area contributed by atoms with Crippen LogP contribution < -0.4 is 5.32 Å². The van der Waals surface area contributed by atoms with Crippen molar-refractivity contribution >= 4 is 11.3 Å². The second kappa shape index (κ2) is 6.17. The highest BCUT2D eigenvalue weighted by Crippen LogP contribution is 2.25. The Bertz CT molecular complexity index is 436. The number of nitrogens with zero attached hydrogens (tertiary/aromatic N) is 1. The van der Waals surface area contributed by atoms with Crippen molar-refractivity contribution in [1.29, 1.82) is 0 Å². The summed E-state index contributed by atoms with van der Waals surface area (Å²) in [5, 5.41) is 3.70. The molecule has 3 heteroatoms. The van der Waals surface area contributed by atoms with Crippen LogP contribution in [-0.4, -0.2) is 35.6 Å². The summed E-state index contributed by atoms with van der Waals surface area (Å²) >= 11 is 1.95. The Hall–Kier alpha value is -0.380. The van der Waals surface area contributed by atoms with Gasteiger partial charge in [0.15, 0.2) is 0 Å². The van der Waals surface area contributed by atoms with Gasteiger partial charge in [0.1, 0.15) is 0 Å². The van der Waals surface area contributed by atoms with Gasteiger partial charge in [-0.15, -0.1) is 11.3 Å². The summed E-state index contributed by atoms with van der Waals surface area (Å²) in [4.78, 5) is 5.68. The van der Waals surface area contributed by atoms with Gasteiger partial charge in [0, 0.05) is 40.5 Å². The first-order valence-corrected chi connectivity index (χ1v) is 8.66. The Morgan fingerprint density at radius 1 is 1.35 bits per heavy atom. The van der Waals surface area contributed by atoms with Crippen molar-refractivity contribution < 1.29 is 0 Å². The number of piperazine rings is 1. The number of hydrogen-bond donors (Lipinski definition) is 1. The molecular formula is C17H30N2S. The summed E-state index contributed by atoms with van der Waals surface area (Å²) in [5.74, 6) is 0.700. The minimum atomic E-state index is 0.227. The first-order valence-electron chi connectivity index (χ1n) is 7.84. The molecule has 1 aromatic rings. The van der Waals surface area contributed by atoms with Crippen LogP contribution in [0, 0.1) is 12.8 Å². The van der Waals surface area contributed by atoms with Gasteiger partial charge in [-0.1, -0.05) is 13.8 Å². The number of nitrogens with one attached hydrogen (secondary N) is 1. The predicted octanol–water partition coefficient (Wildman–Crippen LogP) is 3.70. The van der Waals surface area contributed by atoms with E-state index in [0.29, 0.717) is 18.0 Å². The van der Waals surface area contributed by atoms with E-state index in [0.717, 1.165) is 13.1 Å². The number of rotatable bonds is 4. The van der Waals surface area contributed by atoms with Crippen LogP contribution in [-0.2, 0) is 6.42 Å². The molecule has 1 aliphatic heterocycles. The molecule has 1 fully saturated rings.